The first-order valence-corrected chi connectivity index (χ1v) is 11.5. The van der Waals surface area contributed by atoms with Gasteiger partial charge in [0.2, 0.25) is 0 Å². The van der Waals surface area contributed by atoms with Crippen molar-refractivity contribution in [2.45, 2.75) is 72.4 Å². The number of amides is 1. The van der Waals surface area contributed by atoms with Gasteiger partial charge in [-0.25, -0.2) is 9.38 Å². The average Bonchev–Trinajstić information content (AvgIpc) is 2.88. The monoisotopic (exact) mass is 451 g/mol. The van der Waals surface area contributed by atoms with Gasteiger partial charge in [0.15, 0.2) is 5.96 Å². The van der Waals surface area contributed by atoms with Gasteiger partial charge < -0.3 is 5.73 Å². The van der Waals surface area contributed by atoms with Crippen LogP contribution in [0.3, 0.4) is 0 Å². The Morgan fingerprint density at radius 3 is 2.39 bits per heavy atom. The van der Waals surface area contributed by atoms with Crippen LogP contribution in [-0.2, 0) is 29.0 Å². The maximum atomic E-state index is 14.7. The van der Waals surface area contributed by atoms with Crippen molar-refractivity contribution in [1.29, 1.82) is 0 Å². The van der Waals surface area contributed by atoms with Crippen LogP contribution in [0, 0.1) is 25.6 Å². The Hall–Kier alpha value is -3.02. The third-order valence-corrected chi connectivity index (χ3v) is 5.96. The van der Waals surface area contributed by atoms with E-state index in [1.165, 1.54) is 11.0 Å². The normalized spacial score (nSPS) is 18.2. The fraction of sp³-hybridized carbons (Fsp3) is 0.444. The SMILES string of the molecule is Cc1cc(C)cc(CC(=O)CCc2ccc(CN3C(=O)C(C)(CC(C)C)N=C3N)cc2F)c1. The van der Waals surface area contributed by atoms with Crippen LogP contribution < -0.4 is 5.73 Å². The second-order valence-corrected chi connectivity index (χ2v) is 9.87. The molecule has 0 aromatic heterocycles. The minimum absolute atomic E-state index is 0.0829. The predicted molar refractivity (Wildman–Crippen MR) is 129 cm³/mol. The Morgan fingerprint density at radius 1 is 1.12 bits per heavy atom. The molecule has 1 aliphatic rings. The third-order valence-electron chi connectivity index (χ3n) is 5.96. The number of benzene rings is 2. The molecule has 5 nitrogen and oxygen atoms in total. The smallest absolute Gasteiger partial charge is 0.257 e. The Kier molecular flexibility index (Phi) is 7.35. The topological polar surface area (TPSA) is 75.8 Å². The summed E-state index contributed by atoms with van der Waals surface area (Å²) in [6.45, 7) is 10.1. The van der Waals surface area contributed by atoms with Crippen molar-refractivity contribution in [2.75, 3.05) is 0 Å². The molecular formula is C27H34FN3O2. The zero-order chi connectivity index (χ0) is 24.3. The van der Waals surface area contributed by atoms with E-state index in [1.807, 2.05) is 39.8 Å². The molecule has 0 aliphatic carbocycles. The molecule has 176 valence electrons. The van der Waals surface area contributed by atoms with E-state index < -0.39 is 5.54 Å². The second-order valence-electron chi connectivity index (χ2n) is 9.87. The van der Waals surface area contributed by atoms with Crippen LogP contribution in [0.2, 0.25) is 0 Å². The highest BCUT2D eigenvalue weighted by Gasteiger charge is 2.44. The lowest BCUT2D eigenvalue weighted by Gasteiger charge is -2.23. The van der Waals surface area contributed by atoms with E-state index in [0.29, 0.717) is 36.3 Å². The van der Waals surface area contributed by atoms with Crippen LogP contribution >= 0.6 is 0 Å². The van der Waals surface area contributed by atoms with Gasteiger partial charge >= 0.3 is 0 Å². The summed E-state index contributed by atoms with van der Waals surface area (Å²) < 4.78 is 14.7. The molecule has 1 heterocycles. The summed E-state index contributed by atoms with van der Waals surface area (Å²) in [5.41, 5.74) is 9.54. The average molecular weight is 452 g/mol. The zero-order valence-electron chi connectivity index (χ0n) is 20.2. The summed E-state index contributed by atoms with van der Waals surface area (Å²) in [5.74, 6) is 0.0166. The number of carbonyl (C=O) groups excluding carboxylic acids is 2. The molecule has 0 spiro atoms. The van der Waals surface area contributed by atoms with Crippen LogP contribution in [-0.4, -0.2) is 28.1 Å². The second kappa shape index (κ2) is 9.86. The number of nitrogens with zero attached hydrogens (tertiary/aromatic N) is 2. The summed E-state index contributed by atoms with van der Waals surface area (Å²) in [6.07, 6.45) is 1.58. The van der Waals surface area contributed by atoms with Crippen molar-refractivity contribution >= 4 is 17.6 Å². The van der Waals surface area contributed by atoms with Crippen LogP contribution in [0.5, 0.6) is 0 Å². The Labute approximate surface area is 195 Å². The first kappa shape index (κ1) is 24.6. The number of Topliss-reactive ketones (excluding diaryl/α,β-unsaturated/α-hetero) is 1. The number of aliphatic imine (C=N–C) groups is 1. The molecule has 0 saturated heterocycles. The first-order valence-electron chi connectivity index (χ1n) is 11.5. The van der Waals surface area contributed by atoms with Gasteiger partial charge in [-0.2, -0.15) is 0 Å². The Bertz CT molecular complexity index is 1070. The quantitative estimate of drug-likeness (QED) is 0.603. The molecule has 2 N–H and O–H groups in total. The van der Waals surface area contributed by atoms with Crippen molar-refractivity contribution in [3.8, 4) is 0 Å². The molecule has 0 saturated carbocycles. The van der Waals surface area contributed by atoms with Crippen LogP contribution in [0.4, 0.5) is 4.39 Å². The minimum Gasteiger partial charge on any atom is -0.369 e. The summed E-state index contributed by atoms with van der Waals surface area (Å²) >= 11 is 0. The molecule has 0 fully saturated rings. The molecule has 33 heavy (non-hydrogen) atoms. The number of ketones is 1. The van der Waals surface area contributed by atoms with Gasteiger partial charge in [0, 0.05) is 12.8 Å². The van der Waals surface area contributed by atoms with E-state index in [1.54, 1.807) is 19.1 Å². The van der Waals surface area contributed by atoms with E-state index in [-0.39, 0.29) is 36.4 Å². The molecule has 2 aromatic carbocycles. The molecule has 1 aliphatic heterocycles. The fourth-order valence-electron chi connectivity index (χ4n) is 4.67. The van der Waals surface area contributed by atoms with Crippen LogP contribution in [0.15, 0.2) is 41.4 Å². The number of nitrogens with two attached hydrogens (primary N) is 1. The van der Waals surface area contributed by atoms with E-state index in [4.69, 9.17) is 5.73 Å². The molecule has 3 rings (SSSR count). The lowest BCUT2D eigenvalue weighted by atomic mass is 9.91. The summed E-state index contributed by atoms with van der Waals surface area (Å²) in [5, 5.41) is 0. The van der Waals surface area contributed by atoms with Crippen molar-refractivity contribution in [2.24, 2.45) is 16.6 Å². The van der Waals surface area contributed by atoms with E-state index in [0.717, 1.165) is 16.7 Å². The number of guanidine groups is 1. The first-order chi connectivity index (χ1) is 15.5. The lowest BCUT2D eigenvalue weighted by molar-refractivity contribution is -0.131. The zero-order valence-corrected chi connectivity index (χ0v) is 20.2. The lowest BCUT2D eigenvalue weighted by Crippen LogP contribution is -2.43. The van der Waals surface area contributed by atoms with Gasteiger partial charge in [-0.1, -0.05) is 55.3 Å². The number of rotatable bonds is 9. The van der Waals surface area contributed by atoms with Crippen molar-refractivity contribution in [3.05, 3.63) is 70.0 Å². The van der Waals surface area contributed by atoms with Gasteiger partial charge in [0.25, 0.3) is 5.91 Å². The molecule has 1 amide bonds. The highest BCUT2D eigenvalue weighted by molar-refractivity contribution is 6.06. The largest absolute Gasteiger partial charge is 0.369 e. The molecule has 6 heteroatoms. The van der Waals surface area contributed by atoms with Gasteiger partial charge in [0.05, 0.1) is 6.54 Å². The summed E-state index contributed by atoms with van der Waals surface area (Å²) in [4.78, 5) is 31.1. The number of hydrogen-bond donors (Lipinski definition) is 1. The maximum Gasteiger partial charge on any atom is 0.257 e. The van der Waals surface area contributed by atoms with Gasteiger partial charge in [0.1, 0.15) is 17.1 Å². The molecule has 0 bridgehead atoms. The van der Waals surface area contributed by atoms with E-state index in [2.05, 4.69) is 11.1 Å². The minimum atomic E-state index is -0.868. The van der Waals surface area contributed by atoms with Crippen molar-refractivity contribution in [3.63, 3.8) is 0 Å². The molecule has 0 radical (unpaired) electrons. The number of aryl methyl sites for hydroxylation is 3. The van der Waals surface area contributed by atoms with Crippen LogP contribution in [0.1, 0.15) is 61.4 Å². The molecule has 1 atom stereocenters. The van der Waals surface area contributed by atoms with E-state index >= 15 is 0 Å². The standard InChI is InChI=1S/C27H34FN3O2/c1-17(2)15-27(5)25(33)31(26(29)30-27)16-20-6-7-22(24(28)14-20)8-9-23(32)13-21-11-18(3)10-19(4)12-21/h6-7,10-12,14,17H,8-9,13,15-16H2,1-5H3,(H2,29,30). The Balaban J connectivity index is 1.60. The molecule has 1 unspecified atom stereocenters. The molecular weight excluding hydrogens is 417 g/mol. The fourth-order valence-corrected chi connectivity index (χ4v) is 4.67. The highest BCUT2D eigenvalue weighted by Crippen LogP contribution is 2.29. The maximum absolute atomic E-state index is 14.7. The van der Waals surface area contributed by atoms with Gasteiger partial charge in [-0.05, 0) is 62.3 Å². The highest BCUT2D eigenvalue weighted by atomic mass is 19.1. The number of hydrogen-bond acceptors (Lipinski definition) is 4. The van der Waals surface area contributed by atoms with Crippen LogP contribution in [0.25, 0.3) is 0 Å². The van der Waals surface area contributed by atoms with E-state index in [9.17, 15) is 14.0 Å². The van der Waals surface area contributed by atoms with Gasteiger partial charge in [-0.15, -0.1) is 0 Å². The van der Waals surface area contributed by atoms with Crippen molar-refractivity contribution < 1.29 is 14.0 Å². The Morgan fingerprint density at radius 2 is 1.79 bits per heavy atom. The summed E-state index contributed by atoms with van der Waals surface area (Å²) in [6, 6.07) is 11.0. The summed E-state index contributed by atoms with van der Waals surface area (Å²) in [7, 11) is 0. The third kappa shape index (κ3) is 6.06. The predicted octanol–water partition coefficient (Wildman–Crippen LogP) is 4.65. The number of carbonyl (C=O) groups is 2. The number of halogens is 1. The van der Waals surface area contributed by atoms with Crippen molar-refractivity contribution in [1.82, 2.24) is 4.90 Å². The molecule has 2 aromatic rings. The van der Waals surface area contributed by atoms with Gasteiger partial charge in [-0.3, -0.25) is 14.5 Å².